The summed E-state index contributed by atoms with van der Waals surface area (Å²) in [7, 11) is 0. The molecular weight excluding hydrogens is 148 g/mol. The van der Waals surface area contributed by atoms with Crippen molar-refractivity contribution in [2.45, 2.75) is 46.0 Å². The Kier molecular flexibility index (Phi) is 1.76. The molecule has 0 amide bonds. The van der Waals surface area contributed by atoms with E-state index in [-0.39, 0.29) is 0 Å². The Hall–Kier alpha value is -0.0400. The summed E-state index contributed by atoms with van der Waals surface area (Å²) >= 11 is 0. The van der Waals surface area contributed by atoms with E-state index in [0.29, 0.717) is 17.4 Å². The molecule has 2 bridgehead atoms. The van der Waals surface area contributed by atoms with Crippen molar-refractivity contribution in [1.29, 1.82) is 0 Å². The number of fused-ring (bicyclic) bond motifs is 2. The fourth-order valence-electron chi connectivity index (χ4n) is 3.37. The van der Waals surface area contributed by atoms with Gasteiger partial charge in [-0.25, -0.2) is 0 Å². The molecule has 0 radical (unpaired) electrons. The number of rotatable bonds is 2. The number of hydrogen-bond donors (Lipinski definition) is 1. The molecule has 0 aliphatic heterocycles. The largest absolute Gasteiger partial charge is 0.396 e. The van der Waals surface area contributed by atoms with E-state index in [1.807, 2.05) is 0 Å². The molecule has 0 aromatic carbocycles. The van der Waals surface area contributed by atoms with Gasteiger partial charge < -0.3 is 5.11 Å². The summed E-state index contributed by atoms with van der Waals surface area (Å²) in [5.74, 6) is 0.813. The highest BCUT2D eigenvalue weighted by molar-refractivity contribution is 5.05. The van der Waals surface area contributed by atoms with Crippen molar-refractivity contribution in [2.75, 3.05) is 6.61 Å². The van der Waals surface area contributed by atoms with Crippen LogP contribution in [-0.4, -0.2) is 11.7 Å². The second kappa shape index (κ2) is 2.47. The third-order valence-corrected chi connectivity index (χ3v) is 4.59. The third kappa shape index (κ3) is 0.953. The minimum absolute atomic E-state index is 0.351. The van der Waals surface area contributed by atoms with Gasteiger partial charge in [-0.05, 0) is 48.9 Å². The molecule has 2 rings (SSSR count). The summed E-state index contributed by atoms with van der Waals surface area (Å²) in [5.41, 5.74) is 0.965. The molecule has 12 heavy (non-hydrogen) atoms. The highest BCUT2D eigenvalue weighted by Crippen LogP contribution is 2.64. The van der Waals surface area contributed by atoms with Crippen molar-refractivity contribution < 1.29 is 5.11 Å². The molecule has 0 saturated heterocycles. The van der Waals surface area contributed by atoms with Crippen LogP contribution in [0.2, 0.25) is 0 Å². The molecule has 2 fully saturated rings. The summed E-state index contributed by atoms with van der Waals surface area (Å²) in [6.07, 6.45) is 6.59. The summed E-state index contributed by atoms with van der Waals surface area (Å²) in [5, 5.41) is 9.34. The van der Waals surface area contributed by atoms with Crippen molar-refractivity contribution in [3.63, 3.8) is 0 Å². The average Bonchev–Trinajstić information content (AvgIpc) is 2.61. The van der Waals surface area contributed by atoms with Crippen LogP contribution in [0.3, 0.4) is 0 Å². The van der Waals surface area contributed by atoms with Crippen LogP contribution in [0.5, 0.6) is 0 Å². The van der Waals surface area contributed by atoms with Crippen LogP contribution in [-0.2, 0) is 0 Å². The highest BCUT2D eigenvalue weighted by Gasteiger charge is 2.54. The monoisotopic (exact) mass is 168 g/mol. The van der Waals surface area contributed by atoms with E-state index in [1.165, 1.54) is 32.1 Å². The zero-order valence-electron chi connectivity index (χ0n) is 8.27. The summed E-state index contributed by atoms with van der Waals surface area (Å²) in [6.45, 7) is 5.12. The first-order valence-corrected chi connectivity index (χ1v) is 5.23. The maximum absolute atomic E-state index is 9.34. The van der Waals surface area contributed by atoms with Crippen LogP contribution in [0.1, 0.15) is 46.0 Å². The first-order valence-electron chi connectivity index (χ1n) is 5.23. The third-order valence-electron chi connectivity index (χ3n) is 4.59. The maximum Gasteiger partial charge on any atom is 0.0487 e. The van der Waals surface area contributed by atoms with Gasteiger partial charge in [0.2, 0.25) is 0 Å². The van der Waals surface area contributed by atoms with E-state index in [4.69, 9.17) is 0 Å². The van der Waals surface area contributed by atoms with E-state index in [9.17, 15) is 5.11 Å². The Labute approximate surface area is 75.2 Å². The Bertz CT molecular complexity index is 175. The predicted octanol–water partition coefficient (Wildman–Crippen LogP) is 2.59. The van der Waals surface area contributed by atoms with Gasteiger partial charge in [0.15, 0.2) is 0 Å². The zero-order valence-corrected chi connectivity index (χ0v) is 8.27. The SMILES string of the molecule is CC(C)C12CCC(CO)(CC1)C2. The lowest BCUT2D eigenvalue weighted by Gasteiger charge is -2.30. The fourth-order valence-corrected chi connectivity index (χ4v) is 3.37. The number of aliphatic hydroxyl groups is 1. The molecule has 0 heterocycles. The van der Waals surface area contributed by atoms with Crippen LogP contribution in [0, 0.1) is 16.7 Å². The van der Waals surface area contributed by atoms with Gasteiger partial charge in [-0.2, -0.15) is 0 Å². The second-order valence-electron chi connectivity index (χ2n) is 5.35. The standard InChI is InChI=1S/C11H20O/c1-9(2)11-5-3-10(7-11,8-12)4-6-11/h9,12H,3-8H2,1-2H3. The van der Waals surface area contributed by atoms with Gasteiger partial charge in [0.25, 0.3) is 0 Å². The van der Waals surface area contributed by atoms with Crippen LogP contribution >= 0.6 is 0 Å². The van der Waals surface area contributed by atoms with Gasteiger partial charge in [-0.15, -0.1) is 0 Å². The molecule has 0 atom stereocenters. The van der Waals surface area contributed by atoms with Crippen molar-refractivity contribution >= 4 is 0 Å². The van der Waals surface area contributed by atoms with E-state index in [2.05, 4.69) is 13.8 Å². The van der Waals surface area contributed by atoms with Gasteiger partial charge in [0, 0.05) is 6.61 Å². The minimum atomic E-state index is 0.351. The van der Waals surface area contributed by atoms with Gasteiger partial charge in [0.05, 0.1) is 0 Å². The van der Waals surface area contributed by atoms with Gasteiger partial charge >= 0.3 is 0 Å². The van der Waals surface area contributed by atoms with Crippen LogP contribution in [0.15, 0.2) is 0 Å². The fraction of sp³-hybridized carbons (Fsp3) is 1.00. The van der Waals surface area contributed by atoms with Crippen LogP contribution in [0.4, 0.5) is 0 Å². The maximum atomic E-state index is 9.34. The lowest BCUT2D eigenvalue weighted by atomic mass is 9.75. The molecule has 2 aliphatic carbocycles. The summed E-state index contributed by atoms with van der Waals surface area (Å²) in [6, 6.07) is 0. The highest BCUT2D eigenvalue weighted by atomic mass is 16.3. The van der Waals surface area contributed by atoms with Gasteiger partial charge in [0.1, 0.15) is 0 Å². The summed E-state index contributed by atoms with van der Waals surface area (Å²) < 4.78 is 0. The van der Waals surface area contributed by atoms with Gasteiger partial charge in [-0.3, -0.25) is 0 Å². The molecule has 2 saturated carbocycles. The predicted molar refractivity (Wildman–Crippen MR) is 49.9 cm³/mol. The van der Waals surface area contributed by atoms with Crippen molar-refractivity contribution in [3.8, 4) is 0 Å². The Balaban J connectivity index is 2.17. The molecule has 1 N–H and O–H groups in total. The number of aliphatic hydroxyl groups excluding tert-OH is 1. The second-order valence-corrected chi connectivity index (χ2v) is 5.35. The quantitative estimate of drug-likeness (QED) is 0.672. The zero-order chi connectivity index (χ0) is 8.82. The minimum Gasteiger partial charge on any atom is -0.396 e. The molecule has 70 valence electrons. The van der Waals surface area contributed by atoms with E-state index < -0.39 is 0 Å². The topological polar surface area (TPSA) is 20.2 Å². The molecule has 0 spiro atoms. The molecule has 0 unspecified atom stereocenters. The van der Waals surface area contributed by atoms with Crippen LogP contribution in [0.25, 0.3) is 0 Å². The molecule has 1 nitrogen and oxygen atoms in total. The van der Waals surface area contributed by atoms with Crippen molar-refractivity contribution in [1.82, 2.24) is 0 Å². The Morgan fingerprint density at radius 1 is 1.17 bits per heavy atom. The average molecular weight is 168 g/mol. The molecule has 2 aliphatic rings. The first-order chi connectivity index (χ1) is 5.63. The lowest BCUT2D eigenvalue weighted by molar-refractivity contribution is 0.133. The van der Waals surface area contributed by atoms with E-state index in [0.717, 1.165) is 5.92 Å². The molecule has 0 aromatic heterocycles. The van der Waals surface area contributed by atoms with Crippen molar-refractivity contribution in [3.05, 3.63) is 0 Å². The lowest BCUT2D eigenvalue weighted by Crippen LogP contribution is -2.21. The van der Waals surface area contributed by atoms with E-state index >= 15 is 0 Å². The van der Waals surface area contributed by atoms with Crippen molar-refractivity contribution in [2.24, 2.45) is 16.7 Å². The van der Waals surface area contributed by atoms with E-state index in [1.54, 1.807) is 0 Å². The summed E-state index contributed by atoms with van der Waals surface area (Å²) in [4.78, 5) is 0. The smallest absolute Gasteiger partial charge is 0.0487 e. The molecular formula is C11H20O. The first kappa shape index (κ1) is 8.55. The molecule has 1 heteroatoms. The Morgan fingerprint density at radius 3 is 2.00 bits per heavy atom. The molecule has 0 aromatic rings. The number of hydrogen-bond acceptors (Lipinski definition) is 1. The Morgan fingerprint density at radius 2 is 1.75 bits per heavy atom. The normalized spacial score (nSPS) is 46.0. The van der Waals surface area contributed by atoms with Crippen LogP contribution < -0.4 is 0 Å². The van der Waals surface area contributed by atoms with Gasteiger partial charge in [-0.1, -0.05) is 13.8 Å².